The minimum Gasteiger partial charge on any atom is -0.366 e. The number of anilines is 2. The molecule has 200 valence electrons. The predicted octanol–water partition coefficient (Wildman–Crippen LogP) is 3.97. The van der Waals surface area contributed by atoms with Crippen molar-refractivity contribution in [3.8, 4) is 5.69 Å². The number of primary amides is 1. The summed E-state index contributed by atoms with van der Waals surface area (Å²) in [4.78, 5) is 24.9. The maximum absolute atomic E-state index is 13.1. The number of carbonyl (C=O) groups excluding carboxylic acids is 2. The molecule has 2 heterocycles. The van der Waals surface area contributed by atoms with Gasteiger partial charge in [-0.3, -0.25) is 13.9 Å². The summed E-state index contributed by atoms with van der Waals surface area (Å²) in [6, 6.07) is 20.4. The Morgan fingerprint density at radius 3 is 2.41 bits per heavy atom. The zero-order chi connectivity index (χ0) is 27.4. The molecular weight excluding hydrogens is 514 g/mol. The summed E-state index contributed by atoms with van der Waals surface area (Å²) in [5.74, 6) is -0.694. The Bertz CT molecular complexity index is 1700. The first kappa shape index (κ1) is 25.1. The normalized spacial score (nSPS) is 20.7. The molecule has 0 radical (unpaired) electrons. The molecule has 2 aliphatic rings. The molecule has 4 aromatic rings. The van der Waals surface area contributed by atoms with E-state index in [1.165, 1.54) is 10.6 Å². The summed E-state index contributed by atoms with van der Waals surface area (Å²) < 4.78 is 28.1. The third-order valence-corrected chi connectivity index (χ3v) is 9.23. The Balaban J connectivity index is 1.13. The number of benzene rings is 3. The smallest absolute Gasteiger partial charge is 0.250 e. The van der Waals surface area contributed by atoms with Gasteiger partial charge in [-0.2, -0.15) is 5.10 Å². The Kier molecular flexibility index (Phi) is 5.95. The van der Waals surface area contributed by atoms with Gasteiger partial charge in [-0.25, -0.2) is 13.1 Å². The van der Waals surface area contributed by atoms with E-state index in [0.29, 0.717) is 36.2 Å². The number of sulfonamides is 1. The fourth-order valence-electron chi connectivity index (χ4n) is 6.06. The van der Waals surface area contributed by atoms with Crippen LogP contribution in [0.2, 0.25) is 0 Å². The van der Waals surface area contributed by atoms with Crippen LogP contribution in [0.25, 0.3) is 16.6 Å². The Morgan fingerprint density at radius 1 is 1.00 bits per heavy atom. The van der Waals surface area contributed by atoms with Crippen molar-refractivity contribution in [3.05, 3.63) is 84.1 Å². The van der Waals surface area contributed by atoms with Gasteiger partial charge >= 0.3 is 0 Å². The highest BCUT2D eigenvalue weighted by Gasteiger charge is 2.47. The average Bonchev–Trinajstić information content (AvgIpc) is 3.49. The number of nitrogens with zero attached hydrogens (tertiary/aromatic N) is 3. The number of carbonyl (C=O) groups is 2. The first-order valence-corrected chi connectivity index (χ1v) is 14.8. The van der Waals surface area contributed by atoms with E-state index in [2.05, 4.69) is 10.4 Å². The van der Waals surface area contributed by atoms with E-state index in [4.69, 9.17) is 5.73 Å². The van der Waals surface area contributed by atoms with Gasteiger partial charge in [-0.05, 0) is 67.6 Å². The van der Waals surface area contributed by atoms with Crippen LogP contribution in [-0.2, 0) is 20.2 Å². The van der Waals surface area contributed by atoms with Crippen molar-refractivity contribution in [3.63, 3.8) is 0 Å². The second-order valence-corrected chi connectivity index (χ2v) is 12.5. The van der Waals surface area contributed by atoms with Gasteiger partial charge in [0.2, 0.25) is 15.9 Å². The number of aromatic nitrogens is 2. The van der Waals surface area contributed by atoms with E-state index in [1.807, 2.05) is 60.8 Å². The highest BCUT2D eigenvalue weighted by atomic mass is 32.2. The van der Waals surface area contributed by atoms with Crippen molar-refractivity contribution in [2.75, 3.05) is 22.4 Å². The standard InChI is InChI=1S/C29H29N5O4S/c1-39(37,38)34-18-29(24-7-2-3-8-25(24)34)15-13-19(14-16-29)28(36)31-21-9-11-22(12-10-21)33-17-20-5-4-6-23(27(30)35)26(20)32-33/h2-12,17,19H,13-16,18H2,1H3,(H2,30,35)(H,31,36). The molecule has 1 aromatic heterocycles. The van der Waals surface area contributed by atoms with Crippen molar-refractivity contribution in [1.29, 1.82) is 0 Å². The fourth-order valence-corrected chi connectivity index (χ4v) is 7.06. The molecule has 1 aliphatic carbocycles. The second-order valence-electron chi connectivity index (χ2n) is 10.6. The molecular formula is C29H29N5O4S. The van der Waals surface area contributed by atoms with E-state index in [9.17, 15) is 18.0 Å². The molecule has 3 N–H and O–H groups in total. The van der Waals surface area contributed by atoms with Crippen molar-refractivity contribution in [2.45, 2.75) is 31.1 Å². The Labute approximate surface area is 226 Å². The van der Waals surface area contributed by atoms with Crippen LogP contribution in [0.15, 0.2) is 72.9 Å². The van der Waals surface area contributed by atoms with E-state index in [-0.39, 0.29) is 17.2 Å². The molecule has 3 aromatic carbocycles. The maximum Gasteiger partial charge on any atom is 0.250 e. The number of rotatable bonds is 5. The van der Waals surface area contributed by atoms with Crippen LogP contribution in [0.3, 0.4) is 0 Å². The summed E-state index contributed by atoms with van der Waals surface area (Å²) in [6.45, 7) is 0.435. The second kappa shape index (κ2) is 9.23. The van der Waals surface area contributed by atoms with Crippen LogP contribution in [0, 0.1) is 5.92 Å². The SMILES string of the molecule is CS(=O)(=O)N1CC2(CCC(C(=O)Nc3ccc(-n4cc5cccc(C(N)=O)c5n4)cc3)CC2)c2ccccc21. The monoisotopic (exact) mass is 543 g/mol. The lowest BCUT2D eigenvalue weighted by Gasteiger charge is -2.37. The van der Waals surface area contributed by atoms with Crippen molar-refractivity contribution >= 4 is 44.1 Å². The fraction of sp³-hybridized carbons (Fsp3) is 0.276. The first-order valence-electron chi connectivity index (χ1n) is 12.9. The molecule has 0 unspecified atom stereocenters. The molecule has 9 nitrogen and oxygen atoms in total. The number of hydrogen-bond donors (Lipinski definition) is 2. The number of fused-ring (bicyclic) bond motifs is 3. The number of hydrogen-bond acceptors (Lipinski definition) is 5. The Morgan fingerprint density at radius 2 is 1.72 bits per heavy atom. The van der Waals surface area contributed by atoms with E-state index in [0.717, 1.165) is 35.2 Å². The molecule has 10 heteroatoms. The number of nitrogens with two attached hydrogens (primary N) is 1. The maximum atomic E-state index is 13.1. The lowest BCUT2D eigenvalue weighted by molar-refractivity contribution is -0.121. The van der Waals surface area contributed by atoms with Crippen LogP contribution < -0.4 is 15.4 Å². The van der Waals surface area contributed by atoms with E-state index >= 15 is 0 Å². The van der Waals surface area contributed by atoms with Gasteiger partial charge in [0.05, 0.1) is 23.2 Å². The van der Waals surface area contributed by atoms with Crippen LogP contribution >= 0.6 is 0 Å². The van der Waals surface area contributed by atoms with E-state index in [1.54, 1.807) is 16.8 Å². The third kappa shape index (κ3) is 4.44. The van der Waals surface area contributed by atoms with Gasteiger partial charge in [-0.1, -0.05) is 30.3 Å². The van der Waals surface area contributed by atoms with Crippen LogP contribution in [0.1, 0.15) is 41.6 Å². The lowest BCUT2D eigenvalue weighted by Crippen LogP contribution is -2.40. The first-order chi connectivity index (χ1) is 18.6. The van der Waals surface area contributed by atoms with Gasteiger partial charge in [-0.15, -0.1) is 0 Å². The third-order valence-electron chi connectivity index (χ3n) is 8.11. The predicted molar refractivity (Wildman–Crippen MR) is 150 cm³/mol. The zero-order valence-electron chi connectivity index (χ0n) is 21.5. The molecule has 2 amide bonds. The topological polar surface area (TPSA) is 127 Å². The molecule has 1 saturated carbocycles. The molecule has 39 heavy (non-hydrogen) atoms. The summed E-state index contributed by atoms with van der Waals surface area (Å²) in [5.41, 5.74) is 9.45. The van der Waals surface area contributed by atoms with E-state index < -0.39 is 15.9 Å². The molecule has 1 spiro atoms. The van der Waals surface area contributed by atoms with Crippen molar-refractivity contribution in [1.82, 2.24) is 9.78 Å². The van der Waals surface area contributed by atoms with Crippen LogP contribution in [0.5, 0.6) is 0 Å². The molecule has 1 fully saturated rings. The lowest BCUT2D eigenvalue weighted by atomic mass is 9.67. The van der Waals surface area contributed by atoms with Gasteiger partial charge in [0.25, 0.3) is 5.91 Å². The van der Waals surface area contributed by atoms with Crippen LogP contribution in [-0.4, -0.2) is 42.8 Å². The summed E-state index contributed by atoms with van der Waals surface area (Å²) >= 11 is 0. The summed E-state index contributed by atoms with van der Waals surface area (Å²) in [7, 11) is -3.37. The summed E-state index contributed by atoms with van der Waals surface area (Å²) in [6.07, 6.45) is 5.98. The average molecular weight is 544 g/mol. The molecule has 0 bridgehead atoms. The van der Waals surface area contributed by atoms with Crippen molar-refractivity contribution in [2.24, 2.45) is 11.7 Å². The quantitative estimate of drug-likeness (QED) is 0.394. The minimum atomic E-state index is -3.37. The number of nitrogens with one attached hydrogen (secondary N) is 1. The van der Waals surface area contributed by atoms with Gasteiger partial charge in [0.15, 0.2) is 0 Å². The highest BCUT2D eigenvalue weighted by molar-refractivity contribution is 7.92. The minimum absolute atomic E-state index is 0.0280. The molecule has 0 atom stereocenters. The van der Waals surface area contributed by atoms with Gasteiger partial charge in [0.1, 0.15) is 5.52 Å². The molecule has 6 rings (SSSR count). The Hall–Kier alpha value is -4.18. The highest BCUT2D eigenvalue weighted by Crippen LogP contribution is 2.51. The largest absolute Gasteiger partial charge is 0.366 e. The zero-order valence-corrected chi connectivity index (χ0v) is 22.3. The summed E-state index contributed by atoms with van der Waals surface area (Å²) in [5, 5.41) is 8.37. The van der Waals surface area contributed by atoms with Gasteiger partial charge in [0, 0.05) is 35.1 Å². The number of para-hydroxylation sites is 1. The molecule has 1 aliphatic heterocycles. The van der Waals surface area contributed by atoms with Gasteiger partial charge < -0.3 is 11.1 Å². The van der Waals surface area contributed by atoms with Crippen LogP contribution in [0.4, 0.5) is 11.4 Å². The van der Waals surface area contributed by atoms with Crippen molar-refractivity contribution < 1.29 is 18.0 Å². The molecule has 0 saturated heterocycles. The number of amides is 2.